The molecular weight excluding hydrogens is 303 g/mol. The van der Waals surface area contributed by atoms with E-state index in [1.54, 1.807) is 42.5 Å². The highest BCUT2D eigenvalue weighted by atomic mass is 32.1. The van der Waals surface area contributed by atoms with E-state index in [1.807, 2.05) is 0 Å². The number of benzene rings is 1. The van der Waals surface area contributed by atoms with Crippen LogP contribution in [0.3, 0.4) is 0 Å². The van der Waals surface area contributed by atoms with Crippen molar-refractivity contribution < 1.29 is 9.18 Å². The number of nitrogens with zero attached hydrogens (tertiary/aromatic N) is 2. The van der Waals surface area contributed by atoms with E-state index >= 15 is 0 Å². The van der Waals surface area contributed by atoms with Crippen LogP contribution >= 0.6 is 11.3 Å². The molecule has 1 atom stereocenters. The molecule has 2 aromatic rings. The molecule has 0 aliphatic carbocycles. The average molecular weight is 320 g/mol. The second-order valence-electron chi connectivity index (χ2n) is 5.12. The number of nitroso groups, excluding NO2 is 1. The first-order valence-electron chi connectivity index (χ1n) is 6.92. The smallest absolute Gasteiger partial charge is 0.254 e. The van der Waals surface area contributed by atoms with Crippen molar-refractivity contribution in [3.8, 4) is 0 Å². The minimum Gasteiger partial charge on any atom is -0.341 e. The zero-order valence-electron chi connectivity index (χ0n) is 12.5. The largest absolute Gasteiger partial charge is 0.341 e. The van der Waals surface area contributed by atoms with E-state index in [9.17, 15) is 14.1 Å². The molecule has 22 heavy (non-hydrogen) atoms. The van der Waals surface area contributed by atoms with E-state index in [4.69, 9.17) is 0 Å². The number of amides is 1. The van der Waals surface area contributed by atoms with Gasteiger partial charge in [0, 0.05) is 23.8 Å². The zero-order valence-corrected chi connectivity index (χ0v) is 13.3. The van der Waals surface area contributed by atoms with Gasteiger partial charge in [0.1, 0.15) is 11.9 Å². The Morgan fingerprint density at radius 3 is 2.68 bits per heavy atom. The molecule has 2 rings (SSSR count). The highest BCUT2D eigenvalue weighted by molar-refractivity contribution is 7.10. The fourth-order valence-electron chi connectivity index (χ4n) is 2.01. The van der Waals surface area contributed by atoms with Gasteiger partial charge in [0.05, 0.1) is 5.56 Å². The van der Waals surface area contributed by atoms with Gasteiger partial charge < -0.3 is 4.90 Å². The van der Waals surface area contributed by atoms with Gasteiger partial charge in [-0.2, -0.15) is 4.91 Å². The number of hydrogen-bond donors (Lipinski definition) is 0. The van der Waals surface area contributed by atoms with E-state index in [-0.39, 0.29) is 11.7 Å². The fourth-order valence-corrected chi connectivity index (χ4v) is 2.87. The van der Waals surface area contributed by atoms with Crippen LogP contribution in [0.2, 0.25) is 0 Å². The Balaban J connectivity index is 1.95. The maximum atomic E-state index is 12.8. The lowest BCUT2D eigenvalue weighted by molar-refractivity contribution is 0.0797. The van der Waals surface area contributed by atoms with Crippen LogP contribution in [-0.4, -0.2) is 24.4 Å². The summed E-state index contributed by atoms with van der Waals surface area (Å²) in [7, 11) is 1.73. The van der Waals surface area contributed by atoms with Crippen LogP contribution in [0, 0.1) is 10.7 Å². The third-order valence-corrected chi connectivity index (χ3v) is 4.54. The van der Waals surface area contributed by atoms with Crippen molar-refractivity contribution >= 4 is 17.2 Å². The summed E-state index contributed by atoms with van der Waals surface area (Å²) in [6, 6.07) is 7.54. The first kappa shape index (κ1) is 16.3. The Morgan fingerprint density at radius 1 is 1.36 bits per heavy atom. The number of halogens is 1. The second-order valence-corrected chi connectivity index (χ2v) is 6.07. The molecule has 0 radical (unpaired) electrons. The molecule has 0 N–H and O–H groups in total. The third-order valence-electron chi connectivity index (χ3n) is 3.43. The first-order valence-corrected chi connectivity index (χ1v) is 7.80. The van der Waals surface area contributed by atoms with Crippen molar-refractivity contribution in [1.29, 1.82) is 0 Å². The molecule has 1 aromatic carbocycles. The summed E-state index contributed by atoms with van der Waals surface area (Å²) in [4.78, 5) is 25.2. The normalized spacial score (nSPS) is 12.0. The van der Waals surface area contributed by atoms with Gasteiger partial charge in [0.2, 0.25) is 0 Å². The lowest BCUT2D eigenvalue weighted by Gasteiger charge is -2.16. The molecule has 0 fully saturated rings. The van der Waals surface area contributed by atoms with Crippen molar-refractivity contribution in [2.45, 2.75) is 19.4 Å². The van der Waals surface area contributed by atoms with Crippen molar-refractivity contribution in [2.24, 2.45) is 5.18 Å². The maximum Gasteiger partial charge on any atom is 0.254 e. The highest BCUT2D eigenvalue weighted by Crippen LogP contribution is 2.25. The molecule has 116 valence electrons. The van der Waals surface area contributed by atoms with Gasteiger partial charge in [-0.15, -0.1) is 11.3 Å². The molecule has 1 unspecified atom stereocenters. The van der Waals surface area contributed by atoms with Crippen LogP contribution in [0.15, 0.2) is 40.9 Å². The van der Waals surface area contributed by atoms with Gasteiger partial charge in [0.25, 0.3) is 5.91 Å². The summed E-state index contributed by atoms with van der Waals surface area (Å²) < 4.78 is 12.8. The van der Waals surface area contributed by atoms with E-state index in [0.29, 0.717) is 18.5 Å². The summed E-state index contributed by atoms with van der Waals surface area (Å²) >= 11 is 1.36. The maximum absolute atomic E-state index is 12.8. The molecular formula is C16H17FN2O2S. The minimum atomic E-state index is -0.434. The van der Waals surface area contributed by atoms with Crippen LogP contribution in [0.25, 0.3) is 0 Å². The van der Waals surface area contributed by atoms with E-state index < -0.39 is 6.04 Å². The van der Waals surface area contributed by atoms with Crippen molar-refractivity contribution in [3.05, 3.63) is 62.4 Å². The van der Waals surface area contributed by atoms with E-state index in [2.05, 4.69) is 5.18 Å². The monoisotopic (exact) mass is 320 g/mol. The Morgan fingerprint density at radius 2 is 2.05 bits per heavy atom. The molecule has 1 aromatic heterocycles. The van der Waals surface area contributed by atoms with E-state index in [0.717, 1.165) is 10.4 Å². The summed E-state index contributed by atoms with van der Waals surface area (Å²) in [5.74, 6) is -0.361. The summed E-state index contributed by atoms with van der Waals surface area (Å²) in [6.45, 7) is 2.24. The number of carbonyl (C=O) groups is 1. The number of rotatable bonds is 6. The standard InChI is InChI=1S/C16H17FN2O2S/c1-11(18-21)15-9-13(10-22-15)16(20)19(2)8-7-12-3-5-14(17)6-4-12/h3-6,9-11H,7-8H2,1-2H3. The molecule has 0 saturated carbocycles. The first-order chi connectivity index (χ1) is 10.5. The lowest BCUT2D eigenvalue weighted by Crippen LogP contribution is -2.28. The van der Waals surface area contributed by atoms with Crippen LogP contribution in [0.5, 0.6) is 0 Å². The highest BCUT2D eigenvalue weighted by Gasteiger charge is 2.16. The van der Waals surface area contributed by atoms with Gasteiger partial charge in [-0.3, -0.25) is 4.79 Å². The average Bonchev–Trinajstić information content (AvgIpc) is 3.02. The third kappa shape index (κ3) is 3.98. The Kier molecular flexibility index (Phi) is 5.38. The lowest BCUT2D eigenvalue weighted by atomic mass is 10.1. The SMILES string of the molecule is CC(N=O)c1cc(C(=O)N(C)CCc2ccc(F)cc2)cs1. The van der Waals surface area contributed by atoms with Crippen molar-refractivity contribution in [3.63, 3.8) is 0 Å². The molecule has 0 bridgehead atoms. The van der Waals surface area contributed by atoms with E-state index in [1.165, 1.54) is 23.5 Å². The molecule has 0 saturated heterocycles. The Bertz CT molecular complexity index is 654. The van der Waals surface area contributed by atoms with Gasteiger partial charge in [0.15, 0.2) is 0 Å². The van der Waals surface area contributed by atoms with Crippen LogP contribution < -0.4 is 0 Å². The Hall–Kier alpha value is -2.08. The van der Waals surface area contributed by atoms with Crippen molar-refractivity contribution in [1.82, 2.24) is 4.90 Å². The Labute approximate surface area is 132 Å². The number of thiophene rings is 1. The van der Waals surface area contributed by atoms with Crippen LogP contribution in [-0.2, 0) is 6.42 Å². The molecule has 1 heterocycles. The number of hydrogen-bond acceptors (Lipinski definition) is 4. The second kappa shape index (κ2) is 7.26. The molecule has 1 amide bonds. The molecule has 0 aliphatic heterocycles. The topological polar surface area (TPSA) is 49.7 Å². The van der Waals surface area contributed by atoms with Gasteiger partial charge >= 0.3 is 0 Å². The van der Waals surface area contributed by atoms with Crippen molar-refractivity contribution in [2.75, 3.05) is 13.6 Å². The predicted molar refractivity (Wildman–Crippen MR) is 85.6 cm³/mol. The molecule has 0 aliphatic rings. The predicted octanol–water partition coefficient (Wildman–Crippen LogP) is 4.03. The fraction of sp³-hybridized carbons (Fsp3) is 0.312. The quantitative estimate of drug-likeness (QED) is 0.755. The molecule has 0 spiro atoms. The molecule has 6 heteroatoms. The van der Waals surface area contributed by atoms with Crippen LogP contribution in [0.1, 0.15) is 33.8 Å². The summed E-state index contributed by atoms with van der Waals surface area (Å²) in [5.41, 5.74) is 1.54. The summed E-state index contributed by atoms with van der Waals surface area (Å²) in [6.07, 6.45) is 0.659. The van der Waals surface area contributed by atoms with Gasteiger partial charge in [-0.25, -0.2) is 4.39 Å². The summed E-state index contributed by atoms with van der Waals surface area (Å²) in [5, 5.41) is 4.71. The molecule has 4 nitrogen and oxygen atoms in total. The minimum absolute atomic E-state index is 0.0947. The van der Waals surface area contributed by atoms with Gasteiger partial charge in [-0.1, -0.05) is 17.3 Å². The number of likely N-dealkylation sites (N-methyl/N-ethyl adjacent to an activating group) is 1. The number of carbonyl (C=O) groups excluding carboxylic acids is 1. The van der Waals surface area contributed by atoms with Crippen LogP contribution in [0.4, 0.5) is 4.39 Å². The van der Waals surface area contributed by atoms with Gasteiger partial charge in [-0.05, 0) is 37.1 Å². The zero-order chi connectivity index (χ0) is 16.1.